The monoisotopic (exact) mass is 547 g/mol. The third kappa shape index (κ3) is 6.81. The van der Waals surface area contributed by atoms with Crippen LogP contribution in [0.15, 0.2) is 71.3 Å². The number of carbonyl (C=O) groups excluding carboxylic acids is 1. The van der Waals surface area contributed by atoms with Crippen LogP contribution >= 0.6 is 0 Å². The van der Waals surface area contributed by atoms with Crippen LogP contribution in [0.3, 0.4) is 0 Å². The first-order chi connectivity index (χ1) is 18.8. The van der Waals surface area contributed by atoms with E-state index in [9.17, 15) is 18.5 Å². The topological polar surface area (TPSA) is 117 Å². The van der Waals surface area contributed by atoms with E-state index in [-0.39, 0.29) is 10.5 Å². The molecule has 3 aromatic rings. The zero-order valence-corrected chi connectivity index (χ0v) is 23.0. The van der Waals surface area contributed by atoms with Crippen LogP contribution < -0.4 is 5.32 Å². The molecule has 0 bridgehead atoms. The predicted octanol–water partition coefficient (Wildman–Crippen LogP) is 4.02. The second kappa shape index (κ2) is 12.8. The lowest BCUT2D eigenvalue weighted by atomic mass is 10.0. The molecule has 1 aliphatic rings. The van der Waals surface area contributed by atoms with Crippen LogP contribution in [0.4, 0.5) is 0 Å². The maximum absolute atomic E-state index is 13.4. The molecular formula is C29H33N5O4S. The molecule has 9 nitrogen and oxygen atoms in total. The third-order valence-electron chi connectivity index (χ3n) is 6.73. The molecular weight excluding hydrogens is 514 g/mol. The number of sulfonamides is 1. The molecule has 0 saturated carbocycles. The van der Waals surface area contributed by atoms with E-state index in [1.807, 2.05) is 36.4 Å². The summed E-state index contributed by atoms with van der Waals surface area (Å²) in [6, 6.07) is 18.1. The molecule has 1 aromatic heterocycles. The minimum absolute atomic E-state index is 0.0764. The van der Waals surface area contributed by atoms with Gasteiger partial charge in [-0.2, -0.15) is 14.7 Å². The molecule has 0 atom stereocenters. The van der Waals surface area contributed by atoms with Gasteiger partial charge in [0.2, 0.25) is 10.0 Å². The van der Waals surface area contributed by atoms with Gasteiger partial charge in [0.1, 0.15) is 17.3 Å². The Morgan fingerprint density at radius 1 is 1.18 bits per heavy atom. The molecule has 1 amide bonds. The Balaban J connectivity index is 1.73. The van der Waals surface area contributed by atoms with Gasteiger partial charge in [-0.1, -0.05) is 37.3 Å². The maximum atomic E-state index is 13.4. The summed E-state index contributed by atoms with van der Waals surface area (Å²) in [5.41, 5.74) is 2.26. The van der Waals surface area contributed by atoms with Crippen LogP contribution in [0.5, 0.6) is 0 Å². The number of benzene rings is 2. The lowest BCUT2D eigenvalue weighted by molar-refractivity contribution is -0.117. The van der Waals surface area contributed by atoms with Crippen LogP contribution in [-0.4, -0.2) is 61.8 Å². The average Bonchev–Trinajstić information content (AvgIpc) is 3.38. The van der Waals surface area contributed by atoms with E-state index in [0.717, 1.165) is 18.5 Å². The summed E-state index contributed by atoms with van der Waals surface area (Å²) < 4.78 is 35.1. The second-order valence-corrected chi connectivity index (χ2v) is 11.5. The summed E-state index contributed by atoms with van der Waals surface area (Å²) in [6.07, 6.45) is 5.50. The van der Waals surface area contributed by atoms with Crippen LogP contribution in [0.2, 0.25) is 0 Å². The van der Waals surface area contributed by atoms with Crippen LogP contribution in [-0.2, 0) is 19.6 Å². The van der Waals surface area contributed by atoms with Crippen molar-refractivity contribution in [3.63, 3.8) is 0 Å². The Labute approximate surface area is 229 Å². The quantitative estimate of drug-likeness (QED) is 0.233. The smallest absolute Gasteiger partial charge is 0.261 e. The fourth-order valence-corrected chi connectivity index (χ4v) is 5.94. The highest BCUT2D eigenvalue weighted by atomic mass is 32.2. The van der Waals surface area contributed by atoms with Crippen molar-refractivity contribution >= 4 is 22.0 Å². The summed E-state index contributed by atoms with van der Waals surface area (Å²) in [5.74, 6) is 0.00765. The van der Waals surface area contributed by atoms with E-state index in [1.165, 1.54) is 10.4 Å². The molecule has 4 rings (SSSR count). The summed E-state index contributed by atoms with van der Waals surface area (Å²) in [7, 11) is -2.09. The number of piperidine rings is 1. The van der Waals surface area contributed by atoms with E-state index in [4.69, 9.17) is 9.84 Å². The van der Waals surface area contributed by atoms with Gasteiger partial charge in [-0.3, -0.25) is 4.79 Å². The van der Waals surface area contributed by atoms with Crippen molar-refractivity contribution in [1.29, 1.82) is 5.26 Å². The molecule has 1 aliphatic heterocycles. The number of nitrogens with one attached hydrogen (secondary N) is 1. The summed E-state index contributed by atoms with van der Waals surface area (Å²) >= 11 is 0. The standard InChI is InChI=1S/C29H33N5O4S/c1-22-12-15-33(16-13-22)39(36,37)27-11-6-8-23(19-27)28-25(21-34(32-28)26-9-4-3-5-10-26)18-24(20-30)29(35)31-14-7-17-38-2/h3-6,8-11,18-19,21-22H,7,12-17H2,1-2H3,(H,31,35)/b24-18-. The van der Waals surface area contributed by atoms with Crippen LogP contribution in [0.1, 0.15) is 31.7 Å². The Hall–Kier alpha value is -3.78. The highest BCUT2D eigenvalue weighted by Crippen LogP contribution is 2.30. The van der Waals surface area contributed by atoms with E-state index in [2.05, 4.69) is 12.2 Å². The van der Waals surface area contributed by atoms with E-state index in [0.29, 0.717) is 55.4 Å². The Morgan fingerprint density at radius 2 is 1.92 bits per heavy atom. The molecule has 0 unspecified atom stereocenters. The lowest BCUT2D eigenvalue weighted by Gasteiger charge is -2.29. The van der Waals surface area contributed by atoms with Gasteiger partial charge in [0.05, 0.1) is 10.6 Å². The average molecular weight is 548 g/mol. The zero-order valence-electron chi connectivity index (χ0n) is 22.2. The van der Waals surface area contributed by atoms with Gasteiger partial charge in [-0.15, -0.1) is 0 Å². The summed E-state index contributed by atoms with van der Waals surface area (Å²) in [5, 5.41) is 17.2. The first-order valence-electron chi connectivity index (χ1n) is 13.0. The van der Waals surface area contributed by atoms with Crippen molar-refractivity contribution in [2.24, 2.45) is 5.92 Å². The first kappa shape index (κ1) is 28.2. The minimum atomic E-state index is -3.67. The number of hydrogen-bond donors (Lipinski definition) is 1. The largest absolute Gasteiger partial charge is 0.385 e. The number of aromatic nitrogens is 2. The number of hydrogen-bond acceptors (Lipinski definition) is 6. The van der Waals surface area contributed by atoms with Crippen LogP contribution in [0.25, 0.3) is 23.0 Å². The Kier molecular flexibility index (Phi) is 9.30. The van der Waals surface area contributed by atoms with Crippen molar-refractivity contribution in [2.45, 2.75) is 31.1 Å². The maximum Gasteiger partial charge on any atom is 0.261 e. The fraction of sp³-hybridized carbons (Fsp3) is 0.345. The predicted molar refractivity (Wildman–Crippen MR) is 149 cm³/mol. The van der Waals surface area contributed by atoms with E-state index < -0.39 is 15.9 Å². The molecule has 1 N–H and O–H groups in total. The van der Waals surface area contributed by atoms with E-state index >= 15 is 0 Å². The van der Waals surface area contributed by atoms with Gasteiger partial charge in [0.15, 0.2) is 0 Å². The Morgan fingerprint density at radius 3 is 2.62 bits per heavy atom. The first-order valence-corrected chi connectivity index (χ1v) is 14.4. The summed E-state index contributed by atoms with van der Waals surface area (Å²) in [6.45, 7) is 4.00. The molecule has 10 heteroatoms. The van der Waals surface area contributed by atoms with Gasteiger partial charge >= 0.3 is 0 Å². The molecule has 2 aromatic carbocycles. The fourth-order valence-electron chi connectivity index (χ4n) is 4.43. The number of nitriles is 1. The van der Waals surface area contributed by atoms with Crippen molar-refractivity contribution in [3.05, 3.63) is 71.9 Å². The third-order valence-corrected chi connectivity index (χ3v) is 8.62. The molecule has 0 radical (unpaired) electrons. The van der Waals surface area contributed by atoms with E-state index in [1.54, 1.807) is 42.3 Å². The highest BCUT2D eigenvalue weighted by molar-refractivity contribution is 7.89. The Bertz CT molecular complexity index is 1470. The van der Waals surface area contributed by atoms with Gasteiger partial charge in [0, 0.05) is 50.7 Å². The van der Waals surface area contributed by atoms with Gasteiger partial charge in [0.25, 0.3) is 5.91 Å². The molecule has 1 saturated heterocycles. The SMILES string of the molecule is COCCCNC(=O)/C(C#N)=C\c1cn(-c2ccccc2)nc1-c1cccc(S(=O)(=O)N2CCC(C)CC2)c1. The van der Waals surface area contributed by atoms with Gasteiger partial charge in [-0.05, 0) is 55.5 Å². The van der Waals surface area contributed by atoms with Crippen molar-refractivity contribution in [3.8, 4) is 23.0 Å². The van der Waals surface area contributed by atoms with Crippen LogP contribution in [0, 0.1) is 17.2 Å². The number of carbonyl (C=O) groups is 1. The second-order valence-electron chi connectivity index (χ2n) is 9.60. The number of ether oxygens (including phenoxy) is 1. The molecule has 0 aliphatic carbocycles. The molecule has 1 fully saturated rings. The van der Waals surface area contributed by atoms with Gasteiger partial charge < -0.3 is 10.1 Å². The normalized spacial score (nSPS) is 15.2. The van der Waals surface area contributed by atoms with Crippen molar-refractivity contribution in [2.75, 3.05) is 33.4 Å². The van der Waals surface area contributed by atoms with Crippen molar-refractivity contribution < 1.29 is 17.9 Å². The molecule has 39 heavy (non-hydrogen) atoms. The molecule has 204 valence electrons. The highest BCUT2D eigenvalue weighted by Gasteiger charge is 2.28. The minimum Gasteiger partial charge on any atom is -0.385 e. The zero-order chi connectivity index (χ0) is 27.8. The number of para-hydroxylation sites is 1. The number of amides is 1. The number of nitrogens with zero attached hydrogens (tertiary/aromatic N) is 4. The number of methoxy groups -OCH3 is 1. The number of rotatable bonds is 10. The lowest BCUT2D eigenvalue weighted by Crippen LogP contribution is -2.37. The summed E-state index contributed by atoms with van der Waals surface area (Å²) in [4.78, 5) is 12.9. The van der Waals surface area contributed by atoms with Crippen molar-refractivity contribution in [1.82, 2.24) is 19.4 Å². The molecule has 0 spiro atoms. The molecule has 2 heterocycles. The van der Waals surface area contributed by atoms with Gasteiger partial charge in [-0.25, -0.2) is 13.1 Å².